The lowest BCUT2D eigenvalue weighted by molar-refractivity contribution is 0.434. The average Bonchev–Trinajstić information content (AvgIpc) is 3.77. The largest absolute Gasteiger partial charge is 0.457 e. The maximum Gasteiger partial charge on any atom is 0.175 e. The summed E-state index contributed by atoms with van der Waals surface area (Å²) in [5, 5.41) is 0.996. The van der Waals surface area contributed by atoms with Crippen molar-refractivity contribution in [3.05, 3.63) is 227 Å². The van der Waals surface area contributed by atoms with Crippen LogP contribution in [0.3, 0.4) is 0 Å². The number of para-hydroxylation sites is 6. The number of rotatable bonds is 1. The number of aromatic nitrogens is 2. The van der Waals surface area contributed by atoms with Crippen LogP contribution in [0.15, 0.2) is 198 Å². The maximum absolute atomic E-state index is 6.63. The SMILES string of the molecule is c1ccc2c(c1)Oc1ccccc1C21c2ccccc2N(c2ccc3c(c2)Sc2nc4ccccc4n2C32c3ccccc3-c3ccccc32)c2ccccc21. The molecule has 0 atom stereocenters. The molecule has 0 saturated carbocycles. The molecule has 0 bridgehead atoms. The van der Waals surface area contributed by atoms with Crippen LogP contribution in [0.5, 0.6) is 11.5 Å². The van der Waals surface area contributed by atoms with Crippen LogP contribution in [0.1, 0.15) is 38.9 Å². The molecule has 4 nitrogen and oxygen atoms in total. The third-order valence-corrected chi connectivity index (χ3v) is 13.5. The summed E-state index contributed by atoms with van der Waals surface area (Å²) in [4.78, 5) is 9.00. The van der Waals surface area contributed by atoms with Gasteiger partial charge in [-0.15, -0.1) is 0 Å². The van der Waals surface area contributed by atoms with Crippen molar-refractivity contribution in [3.8, 4) is 22.6 Å². The van der Waals surface area contributed by atoms with Gasteiger partial charge in [-0.25, -0.2) is 4.98 Å². The van der Waals surface area contributed by atoms with Gasteiger partial charge in [0.05, 0.1) is 27.8 Å². The van der Waals surface area contributed by atoms with Crippen molar-refractivity contribution in [3.63, 3.8) is 0 Å². The second kappa shape index (κ2) is 10.9. The lowest BCUT2D eigenvalue weighted by atomic mass is 9.61. The number of ether oxygens (including phenoxy) is 1. The van der Waals surface area contributed by atoms with E-state index in [4.69, 9.17) is 9.72 Å². The van der Waals surface area contributed by atoms with Crippen LogP contribution in [-0.4, -0.2) is 9.55 Å². The molecule has 0 fully saturated rings. The van der Waals surface area contributed by atoms with Crippen LogP contribution in [0.2, 0.25) is 0 Å². The number of hydrogen-bond acceptors (Lipinski definition) is 4. The number of anilines is 3. The molecule has 2 spiro atoms. The zero-order chi connectivity index (χ0) is 36.6. The number of imidazole rings is 1. The van der Waals surface area contributed by atoms with Crippen molar-refractivity contribution in [1.29, 1.82) is 0 Å². The van der Waals surface area contributed by atoms with E-state index < -0.39 is 11.0 Å². The Kier molecular flexibility index (Phi) is 5.94. The molecule has 8 aromatic carbocycles. The molecule has 13 rings (SSSR count). The molecule has 0 N–H and O–H groups in total. The minimum Gasteiger partial charge on any atom is -0.457 e. The number of nitrogens with zero attached hydrogens (tertiary/aromatic N) is 3. The summed E-state index contributed by atoms with van der Waals surface area (Å²) in [6.45, 7) is 0. The lowest BCUT2D eigenvalue weighted by Gasteiger charge is -2.48. The summed E-state index contributed by atoms with van der Waals surface area (Å²) in [6.07, 6.45) is 0. The number of fused-ring (bicyclic) bond motifs is 19. The van der Waals surface area contributed by atoms with Crippen molar-refractivity contribution >= 4 is 39.9 Å². The van der Waals surface area contributed by atoms with Crippen LogP contribution >= 0.6 is 11.8 Å². The van der Waals surface area contributed by atoms with Crippen molar-refractivity contribution < 1.29 is 4.74 Å². The molecule has 4 heterocycles. The first-order valence-corrected chi connectivity index (χ1v) is 20.0. The standard InChI is InChI=1S/C51H31N3OS/c1-3-17-35-33(15-1)34-16-2-4-18-36(34)51(35)41-30-29-32(31-48(41)56-49-52-42-23-9-12-26-45(42)54(49)51)53-43-24-10-5-19-37(43)50(38-20-6-11-25-44(38)53)39-21-7-13-27-46(39)55-47-28-14-8-22-40(47)50/h1-31H. The molecule has 9 aromatic rings. The molecule has 0 radical (unpaired) electrons. The van der Waals surface area contributed by atoms with Crippen LogP contribution in [0.25, 0.3) is 22.2 Å². The molecule has 0 unspecified atom stereocenters. The molecule has 1 aliphatic carbocycles. The Hall–Kier alpha value is -6.82. The van der Waals surface area contributed by atoms with Gasteiger partial charge >= 0.3 is 0 Å². The molecule has 4 aliphatic rings. The topological polar surface area (TPSA) is 30.3 Å². The predicted molar refractivity (Wildman–Crippen MR) is 224 cm³/mol. The summed E-state index contributed by atoms with van der Waals surface area (Å²) in [7, 11) is 0. The van der Waals surface area contributed by atoms with E-state index in [1.807, 2.05) is 0 Å². The van der Waals surface area contributed by atoms with Gasteiger partial charge in [0.25, 0.3) is 0 Å². The van der Waals surface area contributed by atoms with Crippen molar-refractivity contribution in [2.75, 3.05) is 4.90 Å². The Morgan fingerprint density at radius 3 is 1.62 bits per heavy atom. The number of benzene rings is 8. The second-order valence-electron chi connectivity index (χ2n) is 15.0. The molecule has 56 heavy (non-hydrogen) atoms. The Morgan fingerprint density at radius 2 is 0.982 bits per heavy atom. The first-order chi connectivity index (χ1) is 27.8. The van der Waals surface area contributed by atoms with Crippen LogP contribution in [-0.2, 0) is 11.0 Å². The summed E-state index contributed by atoms with van der Waals surface area (Å²) in [6, 6.07) is 68.6. The van der Waals surface area contributed by atoms with Gasteiger partial charge in [0.15, 0.2) is 5.16 Å². The third-order valence-electron chi connectivity index (χ3n) is 12.5. The molecular formula is C51H31N3OS. The van der Waals surface area contributed by atoms with Crippen LogP contribution in [0.4, 0.5) is 17.1 Å². The Labute approximate surface area is 328 Å². The Balaban J connectivity index is 1.09. The summed E-state index contributed by atoms with van der Waals surface area (Å²) in [5.41, 5.74) is 15.5. The van der Waals surface area contributed by atoms with E-state index >= 15 is 0 Å². The molecule has 1 aromatic heterocycles. The first kappa shape index (κ1) is 30.5. The first-order valence-electron chi connectivity index (χ1n) is 19.1. The molecule has 262 valence electrons. The fourth-order valence-electron chi connectivity index (χ4n) is 10.5. The van der Waals surface area contributed by atoms with Gasteiger partial charge in [-0.1, -0.05) is 151 Å². The minimum absolute atomic E-state index is 0.579. The quantitative estimate of drug-likeness (QED) is 0.168. The third kappa shape index (κ3) is 3.60. The van der Waals surface area contributed by atoms with E-state index in [0.29, 0.717) is 0 Å². The van der Waals surface area contributed by atoms with Gasteiger partial charge in [-0.3, -0.25) is 4.57 Å². The predicted octanol–water partition coefficient (Wildman–Crippen LogP) is 12.6. The summed E-state index contributed by atoms with van der Waals surface area (Å²) in [5.74, 6) is 1.78. The maximum atomic E-state index is 6.63. The van der Waals surface area contributed by atoms with Gasteiger partial charge in [0, 0.05) is 27.3 Å². The molecule has 5 heteroatoms. The Bertz CT molecular complexity index is 3000. The van der Waals surface area contributed by atoms with Gasteiger partial charge in [0.1, 0.15) is 17.0 Å². The molecule has 3 aliphatic heterocycles. The highest BCUT2D eigenvalue weighted by atomic mass is 32.2. The van der Waals surface area contributed by atoms with Crippen LogP contribution in [0, 0.1) is 0 Å². The normalized spacial score (nSPS) is 15.5. The molecule has 0 saturated heterocycles. The number of hydrogen-bond donors (Lipinski definition) is 0. The highest BCUT2D eigenvalue weighted by Crippen LogP contribution is 2.64. The van der Waals surface area contributed by atoms with Crippen LogP contribution < -0.4 is 9.64 Å². The van der Waals surface area contributed by atoms with Crippen molar-refractivity contribution in [1.82, 2.24) is 9.55 Å². The highest BCUT2D eigenvalue weighted by Gasteiger charge is 2.53. The van der Waals surface area contributed by atoms with Gasteiger partial charge in [0.2, 0.25) is 0 Å². The Morgan fingerprint density at radius 1 is 0.464 bits per heavy atom. The lowest BCUT2D eigenvalue weighted by Crippen LogP contribution is -2.40. The molecular weight excluding hydrogens is 703 g/mol. The smallest absolute Gasteiger partial charge is 0.175 e. The van der Waals surface area contributed by atoms with E-state index in [1.165, 1.54) is 43.8 Å². The van der Waals surface area contributed by atoms with Gasteiger partial charge < -0.3 is 9.64 Å². The zero-order valence-corrected chi connectivity index (χ0v) is 30.9. The van der Waals surface area contributed by atoms with Gasteiger partial charge in [-0.05, 0) is 81.9 Å². The van der Waals surface area contributed by atoms with Crippen molar-refractivity contribution in [2.45, 2.75) is 21.0 Å². The minimum atomic E-state index is -0.588. The van der Waals surface area contributed by atoms with E-state index in [9.17, 15) is 0 Å². The fraction of sp³-hybridized carbons (Fsp3) is 0.0392. The van der Waals surface area contributed by atoms with E-state index in [1.54, 1.807) is 11.8 Å². The highest BCUT2D eigenvalue weighted by molar-refractivity contribution is 7.99. The van der Waals surface area contributed by atoms with Gasteiger partial charge in [-0.2, -0.15) is 0 Å². The summed E-state index contributed by atoms with van der Waals surface area (Å²) < 4.78 is 9.14. The monoisotopic (exact) mass is 733 g/mol. The van der Waals surface area contributed by atoms with E-state index in [0.717, 1.165) is 55.9 Å². The van der Waals surface area contributed by atoms with E-state index in [-0.39, 0.29) is 0 Å². The zero-order valence-electron chi connectivity index (χ0n) is 30.1. The van der Waals surface area contributed by atoms with Crippen molar-refractivity contribution in [2.24, 2.45) is 0 Å². The second-order valence-corrected chi connectivity index (χ2v) is 16.0. The average molecular weight is 734 g/mol. The van der Waals surface area contributed by atoms with E-state index in [2.05, 4.69) is 198 Å². The fourth-order valence-corrected chi connectivity index (χ4v) is 11.7. The molecule has 0 amide bonds. The summed E-state index contributed by atoms with van der Waals surface area (Å²) >= 11 is 1.77.